The molecular weight excluding hydrogens is 208 g/mol. The molecule has 0 saturated heterocycles. The first-order chi connectivity index (χ1) is 8.11. The third-order valence-corrected chi connectivity index (χ3v) is 2.40. The van der Waals surface area contributed by atoms with Gasteiger partial charge in [-0.15, -0.1) is 0 Å². The van der Waals surface area contributed by atoms with Crippen molar-refractivity contribution in [3.8, 4) is 0 Å². The third-order valence-electron chi connectivity index (χ3n) is 2.40. The van der Waals surface area contributed by atoms with Gasteiger partial charge in [0.05, 0.1) is 11.7 Å². The van der Waals surface area contributed by atoms with Crippen LogP contribution in [0.25, 0.3) is 0 Å². The summed E-state index contributed by atoms with van der Waals surface area (Å²) in [5.74, 6) is 0. The summed E-state index contributed by atoms with van der Waals surface area (Å²) in [7, 11) is 0. The molecule has 0 spiro atoms. The van der Waals surface area contributed by atoms with Crippen LogP contribution in [0.3, 0.4) is 0 Å². The summed E-state index contributed by atoms with van der Waals surface area (Å²) in [5.41, 5.74) is 9.38. The van der Waals surface area contributed by atoms with E-state index in [-0.39, 0.29) is 6.04 Å². The van der Waals surface area contributed by atoms with E-state index in [0.717, 1.165) is 11.3 Å². The van der Waals surface area contributed by atoms with Gasteiger partial charge in [-0.1, -0.05) is 41.5 Å². The lowest BCUT2D eigenvalue weighted by Gasteiger charge is -2.10. The molecule has 1 atom stereocenters. The van der Waals surface area contributed by atoms with Gasteiger partial charge in [-0.25, -0.2) is 0 Å². The SMILES string of the molecule is CC(C)=C/C=C\C=C(/C)C(N)c1ccccn1. The summed E-state index contributed by atoms with van der Waals surface area (Å²) in [6, 6.07) is 5.66. The van der Waals surface area contributed by atoms with Crippen LogP contribution < -0.4 is 5.73 Å². The molecule has 0 saturated carbocycles. The van der Waals surface area contributed by atoms with Gasteiger partial charge < -0.3 is 5.73 Å². The summed E-state index contributed by atoms with van der Waals surface area (Å²) in [4.78, 5) is 4.25. The van der Waals surface area contributed by atoms with Crippen LogP contribution in [0.5, 0.6) is 0 Å². The standard InChI is InChI=1S/C15H20N2/c1-12(2)8-4-5-9-13(3)15(16)14-10-6-7-11-17-14/h4-11,15H,16H2,1-3H3/b5-4-,13-9+. The Bertz CT molecular complexity index is 423. The molecule has 1 unspecified atom stereocenters. The van der Waals surface area contributed by atoms with Crippen LogP contribution in [0.1, 0.15) is 32.5 Å². The Morgan fingerprint density at radius 2 is 1.88 bits per heavy atom. The second kappa shape index (κ2) is 6.81. The molecule has 1 rings (SSSR count). The van der Waals surface area contributed by atoms with E-state index in [0.29, 0.717) is 0 Å². The molecule has 0 radical (unpaired) electrons. The van der Waals surface area contributed by atoms with Crippen molar-refractivity contribution in [3.63, 3.8) is 0 Å². The molecule has 0 aliphatic heterocycles. The van der Waals surface area contributed by atoms with Crippen LogP contribution in [0, 0.1) is 0 Å². The number of hydrogen-bond acceptors (Lipinski definition) is 2. The van der Waals surface area contributed by atoms with Crippen molar-refractivity contribution in [1.29, 1.82) is 0 Å². The summed E-state index contributed by atoms with van der Waals surface area (Å²) in [5, 5.41) is 0. The van der Waals surface area contributed by atoms with E-state index < -0.39 is 0 Å². The highest BCUT2D eigenvalue weighted by Crippen LogP contribution is 2.15. The summed E-state index contributed by atoms with van der Waals surface area (Å²) in [6.07, 6.45) is 9.88. The van der Waals surface area contributed by atoms with Crippen molar-refractivity contribution in [2.45, 2.75) is 26.8 Å². The molecule has 1 aromatic rings. The fourth-order valence-corrected chi connectivity index (χ4v) is 1.35. The Labute approximate surface area is 104 Å². The highest BCUT2D eigenvalue weighted by Gasteiger charge is 2.07. The number of nitrogens with zero attached hydrogens (tertiary/aromatic N) is 1. The fraction of sp³-hybridized carbons (Fsp3) is 0.267. The molecule has 1 heterocycles. The number of aromatic nitrogens is 1. The monoisotopic (exact) mass is 228 g/mol. The van der Waals surface area contributed by atoms with Gasteiger partial charge in [-0.2, -0.15) is 0 Å². The van der Waals surface area contributed by atoms with Crippen LogP contribution >= 0.6 is 0 Å². The summed E-state index contributed by atoms with van der Waals surface area (Å²) in [6.45, 7) is 6.16. The minimum Gasteiger partial charge on any atom is -0.319 e. The van der Waals surface area contributed by atoms with E-state index >= 15 is 0 Å². The first kappa shape index (κ1) is 13.4. The second-order valence-electron chi connectivity index (χ2n) is 4.27. The molecule has 17 heavy (non-hydrogen) atoms. The Kier molecular flexibility index (Phi) is 5.37. The van der Waals surface area contributed by atoms with E-state index in [1.165, 1.54) is 5.57 Å². The third kappa shape index (κ3) is 4.79. The topological polar surface area (TPSA) is 38.9 Å². The van der Waals surface area contributed by atoms with Crippen molar-refractivity contribution in [3.05, 3.63) is 65.5 Å². The average molecular weight is 228 g/mol. The number of hydrogen-bond donors (Lipinski definition) is 1. The van der Waals surface area contributed by atoms with Crippen LogP contribution in [0.15, 0.2) is 59.8 Å². The Morgan fingerprint density at radius 1 is 1.18 bits per heavy atom. The maximum Gasteiger partial charge on any atom is 0.0686 e. The Balaban J connectivity index is 2.70. The molecule has 0 aliphatic rings. The lowest BCUT2D eigenvalue weighted by molar-refractivity contribution is 0.808. The maximum atomic E-state index is 6.10. The van der Waals surface area contributed by atoms with E-state index in [1.807, 2.05) is 43.4 Å². The summed E-state index contributed by atoms with van der Waals surface area (Å²) < 4.78 is 0. The van der Waals surface area contributed by atoms with Crippen molar-refractivity contribution in [2.75, 3.05) is 0 Å². The van der Waals surface area contributed by atoms with Gasteiger partial charge in [0.2, 0.25) is 0 Å². The Morgan fingerprint density at radius 3 is 2.47 bits per heavy atom. The number of rotatable bonds is 4. The largest absolute Gasteiger partial charge is 0.319 e. The molecule has 2 nitrogen and oxygen atoms in total. The molecule has 0 aliphatic carbocycles. The zero-order valence-corrected chi connectivity index (χ0v) is 10.7. The first-order valence-electron chi connectivity index (χ1n) is 5.76. The Hall–Kier alpha value is -1.67. The molecule has 0 bridgehead atoms. The van der Waals surface area contributed by atoms with Gasteiger partial charge in [0.25, 0.3) is 0 Å². The van der Waals surface area contributed by atoms with Crippen LogP contribution in [-0.2, 0) is 0 Å². The highest BCUT2D eigenvalue weighted by molar-refractivity contribution is 5.25. The first-order valence-corrected chi connectivity index (χ1v) is 5.76. The van der Waals surface area contributed by atoms with E-state index in [9.17, 15) is 0 Å². The zero-order valence-electron chi connectivity index (χ0n) is 10.7. The van der Waals surface area contributed by atoms with Gasteiger partial charge >= 0.3 is 0 Å². The molecule has 0 aromatic carbocycles. The highest BCUT2D eigenvalue weighted by atomic mass is 14.8. The maximum absolute atomic E-state index is 6.10. The van der Waals surface area contributed by atoms with Crippen molar-refractivity contribution < 1.29 is 0 Å². The predicted molar refractivity (Wildman–Crippen MR) is 73.5 cm³/mol. The van der Waals surface area contributed by atoms with Gasteiger partial charge in [0, 0.05) is 6.20 Å². The number of pyridine rings is 1. The molecule has 90 valence electrons. The van der Waals surface area contributed by atoms with Gasteiger partial charge in [0.1, 0.15) is 0 Å². The predicted octanol–water partition coefficient (Wildman–Crippen LogP) is 3.55. The molecule has 0 amide bonds. The van der Waals surface area contributed by atoms with Crippen molar-refractivity contribution >= 4 is 0 Å². The molecular formula is C15H20N2. The molecule has 0 fully saturated rings. The van der Waals surface area contributed by atoms with E-state index in [4.69, 9.17) is 5.73 Å². The zero-order chi connectivity index (χ0) is 12.7. The second-order valence-corrected chi connectivity index (χ2v) is 4.27. The lowest BCUT2D eigenvalue weighted by atomic mass is 10.1. The van der Waals surface area contributed by atoms with Gasteiger partial charge in [-0.3, -0.25) is 4.98 Å². The fourth-order valence-electron chi connectivity index (χ4n) is 1.35. The lowest BCUT2D eigenvalue weighted by Crippen LogP contribution is -2.12. The van der Waals surface area contributed by atoms with E-state index in [1.54, 1.807) is 6.20 Å². The number of nitrogens with two attached hydrogens (primary N) is 1. The van der Waals surface area contributed by atoms with Crippen LogP contribution in [-0.4, -0.2) is 4.98 Å². The minimum absolute atomic E-state index is 0.132. The summed E-state index contributed by atoms with van der Waals surface area (Å²) >= 11 is 0. The molecule has 2 N–H and O–H groups in total. The average Bonchev–Trinajstić information content (AvgIpc) is 2.34. The minimum atomic E-state index is -0.132. The molecule has 1 aromatic heterocycles. The van der Waals surface area contributed by atoms with Crippen LogP contribution in [0.2, 0.25) is 0 Å². The number of allylic oxidation sites excluding steroid dienone is 5. The smallest absolute Gasteiger partial charge is 0.0686 e. The van der Waals surface area contributed by atoms with Crippen molar-refractivity contribution in [1.82, 2.24) is 4.98 Å². The van der Waals surface area contributed by atoms with Gasteiger partial charge in [0.15, 0.2) is 0 Å². The molecule has 2 heteroatoms. The van der Waals surface area contributed by atoms with Crippen molar-refractivity contribution in [2.24, 2.45) is 5.73 Å². The van der Waals surface area contributed by atoms with Crippen LogP contribution in [0.4, 0.5) is 0 Å². The van der Waals surface area contributed by atoms with Gasteiger partial charge in [-0.05, 0) is 32.9 Å². The van der Waals surface area contributed by atoms with E-state index in [2.05, 4.69) is 24.9 Å². The quantitative estimate of drug-likeness (QED) is 0.800. The normalized spacial score (nSPS) is 13.8.